The van der Waals surface area contributed by atoms with Crippen LogP contribution >= 0.6 is 0 Å². The average molecular weight is 384 g/mol. The quantitative estimate of drug-likeness (QED) is 0.611. The minimum atomic E-state index is -0.799. The van der Waals surface area contributed by atoms with E-state index in [1.54, 1.807) is 0 Å². The molecule has 7 nitrogen and oxygen atoms in total. The molecular formula is C21H28N4O3. The molecule has 0 bridgehead atoms. The molecule has 0 saturated carbocycles. The van der Waals surface area contributed by atoms with Crippen molar-refractivity contribution in [3.8, 4) is 0 Å². The van der Waals surface area contributed by atoms with E-state index in [4.69, 9.17) is 5.11 Å². The minimum Gasteiger partial charge on any atom is -0.481 e. The number of aliphatic hydroxyl groups excluding tert-OH is 1. The fourth-order valence-electron chi connectivity index (χ4n) is 3.65. The van der Waals surface area contributed by atoms with Crippen molar-refractivity contribution in [3.63, 3.8) is 0 Å². The second-order valence-electron chi connectivity index (χ2n) is 7.36. The standard InChI is InChI=1S/C21H28N4O3/c26-14-17-7-4-10-25(13-17)20-12-19(22-15-23-20)24-18(8-9-21(27)28)11-16-5-2-1-3-6-16/h1-3,5-6,12,15,17-18,26H,4,7-11,13-14H2,(H,27,28)(H,22,23,24). The van der Waals surface area contributed by atoms with E-state index in [9.17, 15) is 9.90 Å². The molecule has 2 aromatic rings. The molecule has 0 spiro atoms. The number of rotatable bonds is 9. The number of hydrogen-bond donors (Lipinski definition) is 3. The first-order valence-corrected chi connectivity index (χ1v) is 9.84. The normalized spacial score (nSPS) is 17.9. The number of carboxylic acid groups (broad SMARTS) is 1. The van der Waals surface area contributed by atoms with Crippen LogP contribution in [-0.4, -0.2) is 51.9 Å². The number of anilines is 2. The van der Waals surface area contributed by atoms with E-state index >= 15 is 0 Å². The van der Waals surface area contributed by atoms with E-state index in [0.717, 1.165) is 43.7 Å². The second-order valence-corrected chi connectivity index (χ2v) is 7.36. The van der Waals surface area contributed by atoms with Gasteiger partial charge in [-0.2, -0.15) is 0 Å². The highest BCUT2D eigenvalue weighted by Gasteiger charge is 2.21. The van der Waals surface area contributed by atoms with E-state index in [1.807, 2.05) is 36.4 Å². The number of benzene rings is 1. The number of carboxylic acids is 1. The van der Waals surface area contributed by atoms with Crippen LogP contribution in [0.4, 0.5) is 11.6 Å². The smallest absolute Gasteiger partial charge is 0.303 e. The maximum atomic E-state index is 11.0. The first-order chi connectivity index (χ1) is 13.6. The maximum Gasteiger partial charge on any atom is 0.303 e. The van der Waals surface area contributed by atoms with Crippen LogP contribution in [0.1, 0.15) is 31.2 Å². The Kier molecular flexibility index (Phi) is 7.19. The summed E-state index contributed by atoms with van der Waals surface area (Å²) in [5.74, 6) is 1.02. The Morgan fingerprint density at radius 2 is 2.11 bits per heavy atom. The van der Waals surface area contributed by atoms with Crippen molar-refractivity contribution >= 4 is 17.6 Å². The SMILES string of the molecule is O=C(O)CCC(Cc1ccccc1)Nc1cc(N2CCCC(CO)C2)ncn1. The average Bonchev–Trinajstić information content (AvgIpc) is 2.73. The Balaban J connectivity index is 1.70. The van der Waals surface area contributed by atoms with Crippen LogP contribution in [0, 0.1) is 5.92 Å². The molecule has 2 atom stereocenters. The molecule has 1 aromatic carbocycles. The number of nitrogens with zero attached hydrogens (tertiary/aromatic N) is 3. The van der Waals surface area contributed by atoms with Crippen molar-refractivity contribution in [2.45, 2.75) is 38.1 Å². The summed E-state index contributed by atoms with van der Waals surface area (Å²) >= 11 is 0. The summed E-state index contributed by atoms with van der Waals surface area (Å²) in [4.78, 5) is 22.0. The summed E-state index contributed by atoms with van der Waals surface area (Å²) in [6.45, 7) is 1.90. The molecule has 3 rings (SSSR count). The highest BCUT2D eigenvalue weighted by Crippen LogP contribution is 2.23. The van der Waals surface area contributed by atoms with Crippen LogP contribution in [0.15, 0.2) is 42.7 Å². The van der Waals surface area contributed by atoms with Crippen LogP contribution in [0.3, 0.4) is 0 Å². The Labute approximate surface area is 165 Å². The lowest BCUT2D eigenvalue weighted by Crippen LogP contribution is -2.37. The summed E-state index contributed by atoms with van der Waals surface area (Å²) in [5, 5.41) is 21.9. The molecule has 3 N–H and O–H groups in total. The summed E-state index contributed by atoms with van der Waals surface area (Å²) < 4.78 is 0. The molecular weight excluding hydrogens is 356 g/mol. The second kappa shape index (κ2) is 10.0. The van der Waals surface area contributed by atoms with E-state index in [2.05, 4.69) is 20.2 Å². The van der Waals surface area contributed by atoms with Crippen LogP contribution < -0.4 is 10.2 Å². The van der Waals surface area contributed by atoms with Gasteiger partial charge in [0.15, 0.2) is 0 Å². The van der Waals surface area contributed by atoms with Gasteiger partial charge in [-0.3, -0.25) is 4.79 Å². The van der Waals surface area contributed by atoms with Crippen molar-refractivity contribution in [1.29, 1.82) is 0 Å². The molecule has 0 amide bonds. The van der Waals surface area contributed by atoms with Crippen molar-refractivity contribution in [2.75, 3.05) is 29.9 Å². The van der Waals surface area contributed by atoms with Crippen molar-refractivity contribution in [3.05, 3.63) is 48.3 Å². The van der Waals surface area contributed by atoms with Crippen LogP contribution in [0.5, 0.6) is 0 Å². The third kappa shape index (κ3) is 5.92. The van der Waals surface area contributed by atoms with E-state index < -0.39 is 5.97 Å². The third-order valence-corrected chi connectivity index (χ3v) is 5.14. The van der Waals surface area contributed by atoms with E-state index in [-0.39, 0.29) is 25.0 Å². The number of nitrogens with one attached hydrogen (secondary N) is 1. The van der Waals surface area contributed by atoms with Gasteiger partial charge >= 0.3 is 5.97 Å². The van der Waals surface area contributed by atoms with Gasteiger partial charge in [0.2, 0.25) is 0 Å². The Bertz CT molecular complexity index is 756. The summed E-state index contributed by atoms with van der Waals surface area (Å²) in [6, 6.07) is 11.9. The van der Waals surface area contributed by atoms with E-state index in [1.165, 1.54) is 6.33 Å². The molecule has 2 heterocycles. The van der Waals surface area contributed by atoms with Gasteiger partial charge < -0.3 is 20.4 Å². The Morgan fingerprint density at radius 3 is 2.86 bits per heavy atom. The molecule has 1 aromatic heterocycles. The molecule has 1 saturated heterocycles. The first-order valence-electron chi connectivity index (χ1n) is 9.84. The summed E-state index contributed by atoms with van der Waals surface area (Å²) in [6.07, 6.45) is 4.96. The van der Waals surface area contributed by atoms with Gasteiger partial charge in [-0.05, 0) is 37.2 Å². The van der Waals surface area contributed by atoms with Gasteiger partial charge in [0, 0.05) is 38.2 Å². The molecule has 2 unspecified atom stereocenters. The largest absolute Gasteiger partial charge is 0.481 e. The lowest BCUT2D eigenvalue weighted by Gasteiger charge is -2.32. The Hall–Kier alpha value is -2.67. The van der Waals surface area contributed by atoms with Crippen molar-refractivity contribution < 1.29 is 15.0 Å². The van der Waals surface area contributed by atoms with Gasteiger partial charge in [-0.1, -0.05) is 30.3 Å². The summed E-state index contributed by atoms with van der Waals surface area (Å²) in [5.41, 5.74) is 1.15. The number of aliphatic hydroxyl groups is 1. The molecule has 28 heavy (non-hydrogen) atoms. The zero-order valence-electron chi connectivity index (χ0n) is 16.0. The lowest BCUT2D eigenvalue weighted by molar-refractivity contribution is -0.137. The Morgan fingerprint density at radius 1 is 1.29 bits per heavy atom. The highest BCUT2D eigenvalue weighted by molar-refractivity contribution is 5.66. The number of aliphatic carboxylic acids is 1. The number of piperidine rings is 1. The molecule has 0 aliphatic carbocycles. The molecule has 7 heteroatoms. The van der Waals surface area contributed by atoms with Gasteiger partial charge in [-0.15, -0.1) is 0 Å². The number of aromatic nitrogens is 2. The minimum absolute atomic E-state index is 0.0344. The zero-order valence-corrected chi connectivity index (χ0v) is 16.0. The molecule has 0 radical (unpaired) electrons. The number of hydrogen-bond acceptors (Lipinski definition) is 6. The fourth-order valence-corrected chi connectivity index (χ4v) is 3.65. The maximum absolute atomic E-state index is 11.0. The molecule has 150 valence electrons. The summed E-state index contributed by atoms with van der Waals surface area (Å²) in [7, 11) is 0. The van der Waals surface area contributed by atoms with Gasteiger partial charge in [0.05, 0.1) is 0 Å². The predicted molar refractivity (Wildman–Crippen MR) is 108 cm³/mol. The zero-order chi connectivity index (χ0) is 19.8. The molecule has 1 aliphatic rings. The van der Waals surface area contributed by atoms with E-state index in [0.29, 0.717) is 12.2 Å². The fraction of sp³-hybridized carbons (Fsp3) is 0.476. The van der Waals surface area contributed by atoms with Gasteiger partial charge in [0.1, 0.15) is 18.0 Å². The van der Waals surface area contributed by atoms with Crippen LogP contribution in [0.2, 0.25) is 0 Å². The van der Waals surface area contributed by atoms with Crippen LogP contribution in [-0.2, 0) is 11.2 Å². The highest BCUT2D eigenvalue weighted by atomic mass is 16.4. The number of carbonyl (C=O) groups is 1. The monoisotopic (exact) mass is 384 g/mol. The van der Waals surface area contributed by atoms with Gasteiger partial charge in [-0.25, -0.2) is 9.97 Å². The predicted octanol–water partition coefficient (Wildman–Crippen LogP) is 2.57. The van der Waals surface area contributed by atoms with Crippen molar-refractivity contribution in [1.82, 2.24) is 9.97 Å². The topological polar surface area (TPSA) is 98.6 Å². The molecule has 1 aliphatic heterocycles. The first kappa shape index (κ1) is 20.1. The molecule has 1 fully saturated rings. The lowest BCUT2D eigenvalue weighted by atomic mass is 9.99. The van der Waals surface area contributed by atoms with Crippen LogP contribution in [0.25, 0.3) is 0 Å². The van der Waals surface area contributed by atoms with Gasteiger partial charge in [0.25, 0.3) is 0 Å². The third-order valence-electron chi connectivity index (χ3n) is 5.14. The van der Waals surface area contributed by atoms with Crippen molar-refractivity contribution in [2.24, 2.45) is 5.92 Å².